The van der Waals surface area contributed by atoms with E-state index in [0.717, 1.165) is 44.7 Å². The average Bonchev–Trinajstić information content (AvgIpc) is 3.16. The van der Waals surface area contributed by atoms with Crippen molar-refractivity contribution in [3.63, 3.8) is 0 Å². The van der Waals surface area contributed by atoms with Gasteiger partial charge in [0, 0.05) is 43.8 Å². The normalized spacial score (nSPS) is 22.4. The summed E-state index contributed by atoms with van der Waals surface area (Å²) in [5.74, 6) is 3.04. The number of hydrogen-bond donors (Lipinski definition) is 1. The van der Waals surface area contributed by atoms with E-state index in [1.54, 1.807) is 0 Å². The first kappa shape index (κ1) is 18.4. The van der Waals surface area contributed by atoms with Gasteiger partial charge in [-0.05, 0) is 32.6 Å². The van der Waals surface area contributed by atoms with E-state index in [1.807, 2.05) is 18.8 Å². The van der Waals surface area contributed by atoms with E-state index in [2.05, 4.69) is 29.1 Å². The Morgan fingerprint density at radius 1 is 1.45 bits per heavy atom. The highest BCUT2D eigenvalue weighted by molar-refractivity contribution is 14.0. The number of hydrogen-bond acceptors (Lipinski definition) is 3. The van der Waals surface area contributed by atoms with Crippen molar-refractivity contribution in [3.05, 3.63) is 0 Å². The van der Waals surface area contributed by atoms with Crippen molar-refractivity contribution in [2.75, 3.05) is 45.6 Å². The lowest BCUT2D eigenvalue weighted by Gasteiger charge is -2.39. The Morgan fingerprint density at radius 3 is 2.80 bits per heavy atom. The number of nitrogens with zero attached hydrogens (tertiary/aromatic N) is 2. The monoisotopic (exact) mass is 413 g/mol. The fourth-order valence-corrected chi connectivity index (χ4v) is 3.41. The largest absolute Gasteiger partial charge is 0.379 e. The summed E-state index contributed by atoms with van der Waals surface area (Å²) in [6.45, 7) is 9.31. The Bertz CT molecular complexity index is 322. The van der Waals surface area contributed by atoms with Gasteiger partial charge in [-0.1, -0.05) is 0 Å². The Hall–Kier alpha value is 0.310. The summed E-state index contributed by atoms with van der Waals surface area (Å²) in [7, 11) is 1.86. The third-order valence-electron chi connectivity index (χ3n) is 3.52. The lowest BCUT2D eigenvalue weighted by atomic mass is 10.2. The molecule has 0 aromatic carbocycles. The van der Waals surface area contributed by atoms with Gasteiger partial charge in [0.15, 0.2) is 5.96 Å². The lowest BCUT2D eigenvalue weighted by molar-refractivity contribution is 0.128. The molecule has 0 atom stereocenters. The number of aliphatic imine (C=N–C) groups is 1. The van der Waals surface area contributed by atoms with E-state index < -0.39 is 0 Å². The van der Waals surface area contributed by atoms with Gasteiger partial charge in [0.05, 0.1) is 6.61 Å². The van der Waals surface area contributed by atoms with Crippen LogP contribution < -0.4 is 5.32 Å². The minimum atomic E-state index is 0. The predicted molar refractivity (Wildman–Crippen MR) is 98.4 cm³/mol. The molecule has 0 amide bonds. The van der Waals surface area contributed by atoms with Crippen molar-refractivity contribution >= 4 is 41.7 Å². The third-order valence-corrected chi connectivity index (χ3v) is 4.81. The number of halogens is 1. The summed E-state index contributed by atoms with van der Waals surface area (Å²) in [5.41, 5.74) is 0. The highest BCUT2D eigenvalue weighted by Gasteiger charge is 2.28. The van der Waals surface area contributed by atoms with E-state index in [0.29, 0.717) is 4.75 Å². The van der Waals surface area contributed by atoms with Crippen LogP contribution in [0.5, 0.6) is 0 Å². The van der Waals surface area contributed by atoms with E-state index in [1.165, 1.54) is 18.6 Å². The van der Waals surface area contributed by atoms with Gasteiger partial charge in [-0.25, -0.2) is 0 Å². The molecule has 2 rings (SSSR count). The number of guanidine groups is 1. The van der Waals surface area contributed by atoms with Gasteiger partial charge in [-0.2, -0.15) is 11.8 Å². The molecule has 2 aliphatic rings. The summed E-state index contributed by atoms with van der Waals surface area (Å²) in [4.78, 5) is 6.75. The van der Waals surface area contributed by atoms with Crippen LogP contribution in [-0.2, 0) is 4.74 Å². The number of rotatable bonds is 5. The topological polar surface area (TPSA) is 36.9 Å². The van der Waals surface area contributed by atoms with E-state index in [9.17, 15) is 0 Å². The Morgan fingerprint density at radius 2 is 2.20 bits per heavy atom. The smallest absolute Gasteiger partial charge is 0.193 e. The maximum absolute atomic E-state index is 5.64. The molecule has 0 unspecified atom stereocenters. The molecule has 0 spiro atoms. The molecule has 0 bridgehead atoms. The number of nitrogens with one attached hydrogen (secondary N) is 1. The molecule has 0 radical (unpaired) electrons. The fraction of sp³-hybridized carbons (Fsp3) is 0.929. The second-order valence-electron chi connectivity index (χ2n) is 6.02. The lowest BCUT2D eigenvalue weighted by Crippen LogP contribution is -2.51. The van der Waals surface area contributed by atoms with Gasteiger partial charge in [0.25, 0.3) is 0 Å². The van der Waals surface area contributed by atoms with E-state index >= 15 is 0 Å². The van der Waals surface area contributed by atoms with E-state index in [4.69, 9.17) is 4.74 Å². The Labute approximate surface area is 144 Å². The molecule has 1 aliphatic heterocycles. The van der Waals surface area contributed by atoms with Gasteiger partial charge in [-0.3, -0.25) is 4.99 Å². The minimum Gasteiger partial charge on any atom is -0.379 e. The summed E-state index contributed by atoms with van der Waals surface area (Å²) in [6.07, 6.45) is 2.71. The molecule has 1 saturated carbocycles. The standard InChI is InChI=1S/C14H27N3OS.HI/c1-14(2)11-17(7-9-19-14)13(15-3)16-6-8-18-10-12-4-5-12;/h12H,4-11H2,1-3H3,(H,15,16);1H. The minimum absolute atomic E-state index is 0. The molecule has 1 heterocycles. The Kier molecular flexibility index (Phi) is 7.97. The maximum Gasteiger partial charge on any atom is 0.193 e. The van der Waals surface area contributed by atoms with Crippen LogP contribution >= 0.6 is 35.7 Å². The maximum atomic E-state index is 5.64. The van der Waals surface area contributed by atoms with Crippen LogP contribution in [0.3, 0.4) is 0 Å². The first-order valence-corrected chi connectivity index (χ1v) is 8.26. The zero-order valence-electron chi connectivity index (χ0n) is 12.9. The van der Waals surface area contributed by atoms with Gasteiger partial charge in [0.2, 0.25) is 0 Å². The van der Waals surface area contributed by atoms with Crippen LogP contribution in [-0.4, -0.2) is 61.3 Å². The van der Waals surface area contributed by atoms with Crippen LogP contribution in [0.1, 0.15) is 26.7 Å². The summed E-state index contributed by atoms with van der Waals surface area (Å²) in [5, 5.41) is 3.41. The molecule has 0 aromatic rings. The van der Waals surface area contributed by atoms with Crippen molar-refractivity contribution in [1.29, 1.82) is 0 Å². The number of thioether (sulfide) groups is 1. The molecule has 20 heavy (non-hydrogen) atoms. The summed E-state index contributed by atoms with van der Waals surface area (Å²) in [6, 6.07) is 0. The zero-order valence-corrected chi connectivity index (χ0v) is 16.0. The second-order valence-corrected chi connectivity index (χ2v) is 7.82. The van der Waals surface area contributed by atoms with Crippen molar-refractivity contribution in [2.24, 2.45) is 10.9 Å². The Balaban J connectivity index is 0.00000200. The molecular weight excluding hydrogens is 385 g/mol. The van der Waals surface area contributed by atoms with Crippen LogP contribution in [0.15, 0.2) is 4.99 Å². The van der Waals surface area contributed by atoms with Gasteiger partial charge in [-0.15, -0.1) is 24.0 Å². The molecule has 4 nitrogen and oxygen atoms in total. The first-order valence-electron chi connectivity index (χ1n) is 7.28. The average molecular weight is 413 g/mol. The molecule has 1 aliphatic carbocycles. The van der Waals surface area contributed by atoms with Gasteiger partial charge >= 0.3 is 0 Å². The van der Waals surface area contributed by atoms with Gasteiger partial charge < -0.3 is 15.0 Å². The molecule has 1 saturated heterocycles. The quantitative estimate of drug-likeness (QED) is 0.325. The fourth-order valence-electron chi connectivity index (χ4n) is 2.30. The second kappa shape index (κ2) is 8.68. The van der Waals surface area contributed by atoms with Crippen molar-refractivity contribution in [2.45, 2.75) is 31.4 Å². The third kappa shape index (κ3) is 6.39. The molecule has 6 heteroatoms. The molecule has 0 aromatic heterocycles. The van der Waals surface area contributed by atoms with Crippen LogP contribution in [0.4, 0.5) is 0 Å². The van der Waals surface area contributed by atoms with E-state index in [-0.39, 0.29) is 24.0 Å². The molecular formula is C14H28IN3OS. The summed E-state index contributed by atoms with van der Waals surface area (Å²) < 4.78 is 5.96. The zero-order chi connectivity index (χ0) is 13.7. The first-order chi connectivity index (χ1) is 9.11. The molecule has 2 fully saturated rings. The molecule has 1 N–H and O–H groups in total. The molecule has 118 valence electrons. The van der Waals surface area contributed by atoms with Crippen LogP contribution in [0, 0.1) is 5.92 Å². The highest BCUT2D eigenvalue weighted by Crippen LogP contribution is 2.29. The highest BCUT2D eigenvalue weighted by atomic mass is 127. The van der Waals surface area contributed by atoms with Crippen molar-refractivity contribution in [3.8, 4) is 0 Å². The van der Waals surface area contributed by atoms with Crippen LogP contribution in [0.2, 0.25) is 0 Å². The summed E-state index contributed by atoms with van der Waals surface area (Å²) >= 11 is 2.04. The van der Waals surface area contributed by atoms with Crippen molar-refractivity contribution in [1.82, 2.24) is 10.2 Å². The van der Waals surface area contributed by atoms with Gasteiger partial charge in [0.1, 0.15) is 0 Å². The number of ether oxygens (including phenoxy) is 1. The SMILES string of the molecule is CN=C(NCCOCC1CC1)N1CCSC(C)(C)C1.I. The van der Waals surface area contributed by atoms with Crippen LogP contribution in [0.25, 0.3) is 0 Å². The van der Waals surface area contributed by atoms with Crippen molar-refractivity contribution < 1.29 is 4.74 Å². The predicted octanol–water partition coefficient (Wildman–Crippen LogP) is 2.43.